The van der Waals surface area contributed by atoms with Crippen LogP contribution in [0.2, 0.25) is 0 Å². The standard InChI is InChI=1S/C15H28N4O.ClH/c1-15(2,3)14-13(12-17-18-14)11-16-5-4-6-19-7-9-20-10-8-19;/h12,16H,4-11H2,1-3H3,(H,17,18);1H. The Hall–Kier alpha value is -0.620. The zero-order valence-corrected chi connectivity index (χ0v) is 14.3. The number of nitrogens with one attached hydrogen (secondary N) is 2. The molecule has 0 amide bonds. The fraction of sp³-hybridized carbons (Fsp3) is 0.800. The Morgan fingerprint density at radius 2 is 2.05 bits per heavy atom. The fourth-order valence-corrected chi connectivity index (χ4v) is 2.57. The van der Waals surface area contributed by atoms with Gasteiger partial charge in [0.05, 0.1) is 19.4 Å². The van der Waals surface area contributed by atoms with E-state index in [1.165, 1.54) is 17.7 Å². The minimum absolute atomic E-state index is 0. The predicted octanol–water partition coefficient (Wildman–Crippen LogP) is 1.94. The number of nitrogens with zero attached hydrogens (tertiary/aromatic N) is 2. The largest absolute Gasteiger partial charge is 0.379 e. The average molecular weight is 317 g/mol. The Labute approximate surface area is 134 Å². The van der Waals surface area contributed by atoms with Crippen molar-refractivity contribution in [2.24, 2.45) is 0 Å². The van der Waals surface area contributed by atoms with Gasteiger partial charge in [0.1, 0.15) is 0 Å². The Kier molecular flexibility index (Phi) is 7.66. The molecular weight excluding hydrogens is 288 g/mol. The molecule has 0 saturated carbocycles. The molecule has 0 bridgehead atoms. The van der Waals surface area contributed by atoms with Crippen molar-refractivity contribution in [2.75, 3.05) is 39.4 Å². The normalized spacial score (nSPS) is 16.7. The average Bonchev–Trinajstić information content (AvgIpc) is 2.88. The molecule has 1 aliphatic heterocycles. The maximum atomic E-state index is 5.35. The third-order valence-electron chi connectivity index (χ3n) is 3.71. The number of halogens is 1. The van der Waals surface area contributed by atoms with Gasteiger partial charge in [-0.25, -0.2) is 0 Å². The molecule has 2 rings (SSSR count). The molecular formula is C15H29ClN4O. The molecule has 0 aliphatic carbocycles. The highest BCUT2D eigenvalue weighted by Crippen LogP contribution is 2.23. The molecule has 6 heteroatoms. The summed E-state index contributed by atoms with van der Waals surface area (Å²) in [5.74, 6) is 0. The third-order valence-corrected chi connectivity index (χ3v) is 3.71. The summed E-state index contributed by atoms with van der Waals surface area (Å²) in [6, 6.07) is 0. The fourth-order valence-electron chi connectivity index (χ4n) is 2.57. The number of hydrogen-bond donors (Lipinski definition) is 2. The molecule has 1 fully saturated rings. The van der Waals surface area contributed by atoms with Gasteiger partial charge in [-0.05, 0) is 19.5 Å². The maximum Gasteiger partial charge on any atom is 0.0594 e. The van der Waals surface area contributed by atoms with Gasteiger partial charge in [0.15, 0.2) is 0 Å². The molecule has 0 atom stereocenters. The summed E-state index contributed by atoms with van der Waals surface area (Å²) < 4.78 is 5.35. The van der Waals surface area contributed by atoms with E-state index in [9.17, 15) is 0 Å². The SMILES string of the molecule is CC(C)(C)c1[nH]ncc1CNCCCN1CCOCC1.Cl. The van der Waals surface area contributed by atoms with E-state index >= 15 is 0 Å². The smallest absolute Gasteiger partial charge is 0.0594 e. The molecule has 1 aromatic rings. The second kappa shape index (κ2) is 8.73. The summed E-state index contributed by atoms with van der Waals surface area (Å²) in [5, 5.41) is 10.8. The van der Waals surface area contributed by atoms with Crippen LogP contribution in [0.5, 0.6) is 0 Å². The van der Waals surface area contributed by atoms with Crippen molar-refractivity contribution in [3.63, 3.8) is 0 Å². The number of aromatic nitrogens is 2. The van der Waals surface area contributed by atoms with E-state index in [0.29, 0.717) is 0 Å². The van der Waals surface area contributed by atoms with Crippen LogP contribution in [0, 0.1) is 0 Å². The number of morpholine rings is 1. The zero-order valence-electron chi connectivity index (χ0n) is 13.4. The molecule has 1 aliphatic rings. The highest BCUT2D eigenvalue weighted by molar-refractivity contribution is 5.85. The first-order valence-corrected chi connectivity index (χ1v) is 7.61. The van der Waals surface area contributed by atoms with Crippen LogP contribution in [-0.4, -0.2) is 54.5 Å². The minimum Gasteiger partial charge on any atom is -0.379 e. The lowest BCUT2D eigenvalue weighted by atomic mass is 9.89. The molecule has 1 aromatic heterocycles. The number of hydrogen-bond acceptors (Lipinski definition) is 4. The van der Waals surface area contributed by atoms with Crippen molar-refractivity contribution in [1.82, 2.24) is 20.4 Å². The Morgan fingerprint density at radius 1 is 1.33 bits per heavy atom. The second-order valence-corrected chi connectivity index (χ2v) is 6.50. The molecule has 1 saturated heterocycles. The summed E-state index contributed by atoms with van der Waals surface area (Å²) in [7, 11) is 0. The van der Waals surface area contributed by atoms with Crippen molar-refractivity contribution < 1.29 is 4.74 Å². The lowest BCUT2D eigenvalue weighted by Crippen LogP contribution is -2.37. The summed E-state index contributed by atoms with van der Waals surface area (Å²) in [6.07, 6.45) is 3.12. The highest BCUT2D eigenvalue weighted by Gasteiger charge is 2.19. The Balaban J connectivity index is 0.00000220. The van der Waals surface area contributed by atoms with E-state index in [0.717, 1.165) is 45.9 Å². The number of rotatable bonds is 6. The van der Waals surface area contributed by atoms with Crippen LogP contribution in [0.4, 0.5) is 0 Å². The van der Waals surface area contributed by atoms with Gasteiger partial charge in [0.2, 0.25) is 0 Å². The molecule has 5 nitrogen and oxygen atoms in total. The first-order valence-electron chi connectivity index (χ1n) is 7.61. The van der Waals surface area contributed by atoms with Crippen molar-refractivity contribution in [2.45, 2.75) is 39.2 Å². The van der Waals surface area contributed by atoms with Gasteiger partial charge >= 0.3 is 0 Å². The lowest BCUT2D eigenvalue weighted by molar-refractivity contribution is 0.0374. The van der Waals surface area contributed by atoms with E-state index < -0.39 is 0 Å². The van der Waals surface area contributed by atoms with Gasteiger partial charge in [0, 0.05) is 36.3 Å². The van der Waals surface area contributed by atoms with Crippen molar-refractivity contribution in [3.05, 3.63) is 17.5 Å². The highest BCUT2D eigenvalue weighted by atomic mass is 35.5. The summed E-state index contributed by atoms with van der Waals surface area (Å²) >= 11 is 0. The van der Waals surface area contributed by atoms with Crippen LogP contribution in [0.3, 0.4) is 0 Å². The maximum absolute atomic E-state index is 5.35. The van der Waals surface area contributed by atoms with E-state index in [4.69, 9.17) is 4.74 Å². The van der Waals surface area contributed by atoms with Gasteiger partial charge in [0.25, 0.3) is 0 Å². The van der Waals surface area contributed by atoms with E-state index in [2.05, 4.69) is 41.2 Å². The van der Waals surface area contributed by atoms with E-state index in [1.807, 2.05) is 6.20 Å². The molecule has 0 aromatic carbocycles. The Bertz CT molecular complexity index is 397. The number of H-pyrrole nitrogens is 1. The van der Waals surface area contributed by atoms with Crippen LogP contribution in [-0.2, 0) is 16.7 Å². The number of ether oxygens (including phenoxy) is 1. The van der Waals surface area contributed by atoms with E-state index in [1.54, 1.807) is 0 Å². The van der Waals surface area contributed by atoms with Gasteiger partial charge in [-0.3, -0.25) is 10.00 Å². The topological polar surface area (TPSA) is 53.2 Å². The van der Waals surface area contributed by atoms with Crippen LogP contribution < -0.4 is 5.32 Å². The monoisotopic (exact) mass is 316 g/mol. The summed E-state index contributed by atoms with van der Waals surface area (Å²) in [4.78, 5) is 2.48. The molecule has 21 heavy (non-hydrogen) atoms. The first-order chi connectivity index (χ1) is 9.57. The molecule has 0 spiro atoms. The van der Waals surface area contributed by atoms with Gasteiger partial charge < -0.3 is 10.1 Å². The molecule has 122 valence electrons. The van der Waals surface area contributed by atoms with Crippen molar-refractivity contribution in [1.29, 1.82) is 0 Å². The second-order valence-electron chi connectivity index (χ2n) is 6.50. The van der Waals surface area contributed by atoms with Crippen molar-refractivity contribution in [3.8, 4) is 0 Å². The molecule has 2 heterocycles. The van der Waals surface area contributed by atoms with Gasteiger partial charge in [-0.2, -0.15) is 5.10 Å². The third kappa shape index (κ3) is 5.94. The van der Waals surface area contributed by atoms with Gasteiger partial charge in [-0.1, -0.05) is 20.8 Å². The van der Waals surface area contributed by atoms with Crippen LogP contribution in [0.15, 0.2) is 6.20 Å². The summed E-state index contributed by atoms with van der Waals surface area (Å²) in [5.41, 5.74) is 2.64. The quantitative estimate of drug-likeness (QED) is 0.788. The first kappa shape index (κ1) is 18.4. The minimum atomic E-state index is 0. The van der Waals surface area contributed by atoms with Crippen LogP contribution in [0.25, 0.3) is 0 Å². The lowest BCUT2D eigenvalue weighted by Gasteiger charge is -2.26. The summed E-state index contributed by atoms with van der Waals surface area (Å²) in [6.45, 7) is 13.7. The van der Waals surface area contributed by atoms with Crippen LogP contribution >= 0.6 is 12.4 Å². The molecule has 0 radical (unpaired) electrons. The number of aromatic amines is 1. The predicted molar refractivity (Wildman–Crippen MR) is 88.1 cm³/mol. The van der Waals surface area contributed by atoms with Gasteiger partial charge in [-0.15, -0.1) is 12.4 Å². The Morgan fingerprint density at radius 3 is 2.71 bits per heavy atom. The molecule has 2 N–H and O–H groups in total. The van der Waals surface area contributed by atoms with E-state index in [-0.39, 0.29) is 17.8 Å². The zero-order chi connectivity index (χ0) is 14.4. The van der Waals surface area contributed by atoms with Crippen LogP contribution in [0.1, 0.15) is 38.4 Å². The van der Waals surface area contributed by atoms with Crippen molar-refractivity contribution >= 4 is 12.4 Å². The molecule has 0 unspecified atom stereocenters.